The third-order valence-corrected chi connectivity index (χ3v) is 12.7. The Morgan fingerprint density at radius 2 is 1.55 bits per heavy atom. The molecule has 0 radical (unpaired) electrons. The molecule has 6 heterocycles. The molecule has 4 aliphatic heterocycles. The molecule has 4 aliphatic rings. The van der Waals surface area contributed by atoms with E-state index < -0.39 is 6.03 Å². The molecule has 14 nitrogen and oxygen atoms in total. The van der Waals surface area contributed by atoms with Gasteiger partial charge in [0.15, 0.2) is 5.82 Å². The number of carbonyl (C=O) groups is 2. The van der Waals surface area contributed by atoms with E-state index in [1.165, 1.54) is 11.0 Å². The number of nitriles is 1. The number of imide groups is 1. The van der Waals surface area contributed by atoms with Crippen molar-refractivity contribution in [2.24, 2.45) is 20.0 Å². The minimum Gasteiger partial charge on any atom is -0.371 e. The lowest BCUT2D eigenvalue weighted by atomic mass is 9.95. The number of pyridine rings is 1. The summed E-state index contributed by atoms with van der Waals surface area (Å²) in [5.74, 6) is 0.177. The number of benzene rings is 3. The number of hydrogen-bond acceptors (Lipinski definition) is 10. The Morgan fingerprint density at radius 3 is 2.29 bits per heavy atom. The summed E-state index contributed by atoms with van der Waals surface area (Å²) in [5.41, 5.74) is 7.65. The Balaban J connectivity index is 0.883. The number of urea groups is 1. The van der Waals surface area contributed by atoms with E-state index in [0.717, 1.165) is 111 Å². The van der Waals surface area contributed by atoms with Crippen LogP contribution in [0.4, 0.5) is 43.4 Å². The maximum Gasteiger partial charge on any atom is 0.329 e. The van der Waals surface area contributed by atoms with Gasteiger partial charge in [-0.25, -0.2) is 9.18 Å². The predicted molar refractivity (Wildman–Crippen MR) is 225 cm³/mol. The highest BCUT2D eigenvalue weighted by Crippen LogP contribution is 2.42. The first-order chi connectivity index (χ1) is 28.0. The summed E-state index contributed by atoms with van der Waals surface area (Å²) in [6, 6.07) is 17.4. The molecule has 0 saturated carbocycles. The van der Waals surface area contributed by atoms with Gasteiger partial charge in [-0.3, -0.25) is 29.4 Å². The first-order valence-corrected chi connectivity index (χ1v) is 20.1. The highest BCUT2D eigenvalue weighted by atomic mass is 19.1. The fourth-order valence-corrected chi connectivity index (χ4v) is 9.33. The van der Waals surface area contributed by atoms with Crippen LogP contribution >= 0.6 is 0 Å². The molecule has 3 aromatic carbocycles. The number of likely N-dealkylation sites (N-methyl/N-ethyl adjacent to an activating group) is 1. The average Bonchev–Trinajstić information content (AvgIpc) is 3.54. The molecule has 0 unspecified atom stereocenters. The third kappa shape index (κ3) is 6.54. The minimum absolute atomic E-state index is 0.00519. The molecule has 0 aliphatic carbocycles. The molecule has 0 bridgehead atoms. The van der Waals surface area contributed by atoms with E-state index >= 15 is 4.39 Å². The molecule has 0 spiro atoms. The Labute approximate surface area is 336 Å². The van der Waals surface area contributed by atoms with Crippen LogP contribution in [-0.2, 0) is 18.9 Å². The van der Waals surface area contributed by atoms with Crippen LogP contribution < -0.4 is 35.4 Å². The van der Waals surface area contributed by atoms with E-state index in [0.29, 0.717) is 33.9 Å². The number of piperazine rings is 1. The zero-order valence-electron chi connectivity index (χ0n) is 33.5. The number of aromatic nitrogens is 3. The molecular weight excluding hydrogens is 738 g/mol. The van der Waals surface area contributed by atoms with E-state index in [4.69, 9.17) is 0 Å². The van der Waals surface area contributed by atoms with Gasteiger partial charge in [0.05, 0.1) is 45.4 Å². The quantitative estimate of drug-likeness (QED) is 0.256. The monoisotopic (exact) mass is 785 g/mol. The number of nitrogens with zero attached hydrogens (tertiary/aromatic N) is 10. The van der Waals surface area contributed by atoms with Crippen molar-refractivity contribution in [1.82, 2.24) is 24.6 Å². The number of aryl methyl sites for hydroxylation is 3. The number of halogens is 1. The highest BCUT2D eigenvalue weighted by molar-refractivity contribution is 6.09. The number of amides is 3. The fourth-order valence-electron chi connectivity index (χ4n) is 9.33. The summed E-state index contributed by atoms with van der Waals surface area (Å²) in [4.78, 5) is 50.5. The normalized spacial score (nSPS) is 18.3. The van der Waals surface area contributed by atoms with Gasteiger partial charge in [0.2, 0.25) is 5.91 Å². The van der Waals surface area contributed by atoms with Crippen molar-refractivity contribution in [2.45, 2.75) is 26.2 Å². The summed E-state index contributed by atoms with van der Waals surface area (Å²) in [6.07, 6.45) is 2.08. The van der Waals surface area contributed by atoms with Crippen LogP contribution in [0.15, 0.2) is 53.3 Å². The molecule has 15 heteroatoms. The Kier molecular flexibility index (Phi) is 9.46. The summed E-state index contributed by atoms with van der Waals surface area (Å²) >= 11 is 0. The number of rotatable bonds is 6. The fraction of sp³-hybridized carbons (Fsp3) is 0.419. The van der Waals surface area contributed by atoms with Crippen molar-refractivity contribution in [2.75, 3.05) is 97.0 Å². The lowest BCUT2D eigenvalue weighted by Crippen LogP contribution is -2.49. The van der Waals surface area contributed by atoms with Gasteiger partial charge in [-0.1, -0.05) is 0 Å². The van der Waals surface area contributed by atoms with Gasteiger partial charge in [0, 0.05) is 115 Å². The number of hydrogen-bond donors (Lipinski definition) is 1. The zero-order chi connectivity index (χ0) is 40.4. The second-order valence-corrected chi connectivity index (χ2v) is 16.2. The van der Waals surface area contributed by atoms with Gasteiger partial charge >= 0.3 is 6.03 Å². The van der Waals surface area contributed by atoms with Crippen molar-refractivity contribution >= 4 is 68.0 Å². The molecule has 9 rings (SSSR count). The number of piperidine rings is 1. The zero-order valence-corrected chi connectivity index (χ0v) is 33.5. The molecule has 3 fully saturated rings. The number of nitrogens with one attached hydrogen (secondary N) is 1. The van der Waals surface area contributed by atoms with Gasteiger partial charge in [-0.2, -0.15) is 10.4 Å². The molecule has 58 heavy (non-hydrogen) atoms. The van der Waals surface area contributed by atoms with Crippen LogP contribution in [-0.4, -0.2) is 104 Å². The Bertz CT molecular complexity index is 2580. The standard InChI is InChI=1S/C43H48FN11O3/c1-27-19-31-35(49(3)42(27)57)21-30(22-37(31)54-18-13-48(2)34-6-5-29(25-45)20-39(34)54)52-16-14-51(15-17-52)26-28-7-10-53(11-8-28)38-24-36-32(23-33(38)44)41(47-50(36)4)55-12-9-40(56)46-43(55)58/h5-6,19-24,28H,7-18,26H2,1-4H3,(H,46,56,58). The van der Waals surface area contributed by atoms with Crippen LogP contribution in [0.2, 0.25) is 0 Å². The van der Waals surface area contributed by atoms with Crippen molar-refractivity contribution in [1.29, 1.82) is 5.26 Å². The van der Waals surface area contributed by atoms with E-state index in [9.17, 15) is 19.6 Å². The lowest BCUT2D eigenvalue weighted by Gasteiger charge is -2.41. The molecule has 2 aromatic heterocycles. The van der Waals surface area contributed by atoms with E-state index in [1.807, 2.05) is 44.3 Å². The van der Waals surface area contributed by atoms with Crippen LogP contribution in [0.3, 0.4) is 0 Å². The minimum atomic E-state index is -0.542. The molecule has 3 saturated heterocycles. The van der Waals surface area contributed by atoms with Crippen molar-refractivity contribution < 1.29 is 14.0 Å². The van der Waals surface area contributed by atoms with E-state index in [1.54, 1.807) is 16.3 Å². The highest BCUT2D eigenvalue weighted by Gasteiger charge is 2.31. The van der Waals surface area contributed by atoms with Gasteiger partial charge in [0.25, 0.3) is 5.56 Å². The lowest BCUT2D eigenvalue weighted by molar-refractivity contribution is -0.120. The number of fused-ring (bicyclic) bond motifs is 3. The van der Waals surface area contributed by atoms with E-state index in [-0.39, 0.29) is 30.2 Å². The summed E-state index contributed by atoms with van der Waals surface area (Å²) < 4.78 is 19.2. The largest absolute Gasteiger partial charge is 0.371 e. The number of anilines is 6. The molecule has 1 N–H and O–H groups in total. The second kappa shape index (κ2) is 14.7. The Hall–Kier alpha value is -6.14. The molecule has 300 valence electrons. The molecular formula is C43H48FN11O3. The summed E-state index contributed by atoms with van der Waals surface area (Å²) in [7, 11) is 5.72. The van der Waals surface area contributed by atoms with Gasteiger partial charge in [0.1, 0.15) is 5.82 Å². The summed E-state index contributed by atoms with van der Waals surface area (Å²) in [5, 5.41) is 18.2. The molecule has 3 amide bonds. The van der Waals surface area contributed by atoms with Crippen molar-refractivity contribution in [3.63, 3.8) is 0 Å². The first-order valence-electron chi connectivity index (χ1n) is 20.1. The average molecular weight is 786 g/mol. The molecule has 0 atom stereocenters. The van der Waals surface area contributed by atoms with Crippen LogP contribution in [0, 0.1) is 30.0 Å². The van der Waals surface area contributed by atoms with Crippen LogP contribution in [0.1, 0.15) is 30.4 Å². The Morgan fingerprint density at radius 1 is 0.776 bits per heavy atom. The van der Waals surface area contributed by atoms with Crippen molar-refractivity contribution in [3.05, 3.63) is 75.8 Å². The summed E-state index contributed by atoms with van der Waals surface area (Å²) in [6.45, 7) is 9.68. The predicted octanol–water partition coefficient (Wildman–Crippen LogP) is 4.82. The maximum atomic E-state index is 15.8. The molecule has 5 aromatic rings. The van der Waals surface area contributed by atoms with Crippen molar-refractivity contribution in [3.8, 4) is 6.07 Å². The topological polar surface area (TPSA) is 129 Å². The third-order valence-electron chi connectivity index (χ3n) is 12.7. The smallest absolute Gasteiger partial charge is 0.329 e. The van der Waals surface area contributed by atoms with Gasteiger partial charge in [-0.05, 0) is 74.2 Å². The SMILES string of the molecule is Cc1cc2c(N3CCN(C)c4ccc(C#N)cc43)cc(N3CCN(CC4CCN(c5cc6c(cc5F)c(N5CCC(=O)NC5=O)nn6C)CC4)CC3)cc2n(C)c1=O. The van der Waals surface area contributed by atoms with E-state index in [2.05, 4.69) is 60.2 Å². The maximum absolute atomic E-state index is 15.8. The van der Waals surface area contributed by atoms with Crippen LogP contribution in [0.25, 0.3) is 21.8 Å². The second-order valence-electron chi connectivity index (χ2n) is 16.2. The van der Waals surface area contributed by atoms with Gasteiger partial charge in [-0.15, -0.1) is 0 Å². The first kappa shape index (κ1) is 37.4. The van der Waals surface area contributed by atoms with Crippen LogP contribution in [0.5, 0.6) is 0 Å². The van der Waals surface area contributed by atoms with Gasteiger partial charge < -0.3 is 24.2 Å². The number of carbonyl (C=O) groups excluding carboxylic acids is 2.